The summed E-state index contributed by atoms with van der Waals surface area (Å²) in [5, 5.41) is 0. The average Bonchev–Trinajstić information content (AvgIpc) is 2.81. The minimum absolute atomic E-state index is 0.306. The second kappa shape index (κ2) is 4.96. The third-order valence-electron chi connectivity index (χ3n) is 2.87. The van der Waals surface area contributed by atoms with E-state index in [1.54, 1.807) is 0 Å². The van der Waals surface area contributed by atoms with Crippen LogP contribution in [0.5, 0.6) is 0 Å². The first-order chi connectivity index (χ1) is 7.36. The second-order valence-corrected chi connectivity index (χ2v) is 4.00. The van der Waals surface area contributed by atoms with Gasteiger partial charge in [-0.3, -0.25) is 4.79 Å². The lowest BCUT2D eigenvalue weighted by molar-refractivity contribution is -0.130. The molecule has 2 nitrogen and oxygen atoms in total. The van der Waals surface area contributed by atoms with Gasteiger partial charge in [0.1, 0.15) is 0 Å². The molecule has 1 aliphatic rings. The average molecular weight is 202 g/mol. The Morgan fingerprint density at radius 3 is 2.60 bits per heavy atom. The Bertz CT molecular complexity index is 315. The zero-order valence-electron chi connectivity index (χ0n) is 8.91. The topological polar surface area (TPSA) is 20.3 Å². The van der Waals surface area contributed by atoms with Crippen molar-refractivity contribution < 1.29 is 4.79 Å². The van der Waals surface area contributed by atoms with Crippen LogP contribution in [0.1, 0.15) is 24.8 Å². The van der Waals surface area contributed by atoms with Crippen LogP contribution in [-0.2, 0) is 11.2 Å². The van der Waals surface area contributed by atoms with Gasteiger partial charge in [0.05, 0.1) is 0 Å². The van der Waals surface area contributed by atoms with Gasteiger partial charge in [-0.1, -0.05) is 24.3 Å². The van der Waals surface area contributed by atoms with E-state index in [1.807, 2.05) is 29.2 Å². The molecule has 1 aliphatic heterocycles. The molecule has 1 aromatic carbocycles. The Morgan fingerprint density at radius 2 is 1.93 bits per heavy atom. The summed E-state index contributed by atoms with van der Waals surface area (Å²) in [6.07, 6.45) is 3.84. The molecule has 1 amide bonds. The summed E-state index contributed by atoms with van der Waals surface area (Å²) in [7, 11) is 0. The fraction of sp³-hybridized carbons (Fsp3) is 0.462. The first-order valence-electron chi connectivity index (χ1n) is 5.59. The molecule has 15 heavy (non-hydrogen) atoms. The van der Waals surface area contributed by atoms with Crippen LogP contribution in [-0.4, -0.2) is 23.9 Å². The lowest BCUT2D eigenvalue weighted by Crippen LogP contribution is -2.27. The summed E-state index contributed by atoms with van der Waals surface area (Å²) in [4.78, 5) is 13.7. The second-order valence-electron chi connectivity index (χ2n) is 4.00. The summed E-state index contributed by atoms with van der Waals surface area (Å²) < 4.78 is 0. The highest BCUT2D eigenvalue weighted by Gasteiger charge is 2.16. The molecule has 2 rings (SSSR count). The zero-order chi connectivity index (χ0) is 10.5. The van der Waals surface area contributed by atoms with E-state index in [2.05, 4.69) is 6.07 Å². The molecule has 0 aliphatic carbocycles. The highest BCUT2D eigenvalue weighted by atomic mass is 16.2. The minimum Gasteiger partial charge on any atom is -0.343 e. The maximum absolute atomic E-state index is 11.7. The SMILES string of the molecule is O=C(CCc1cc[c]cc1)N1CCCC1. The number of aryl methyl sites for hydroxylation is 1. The molecule has 1 radical (unpaired) electrons. The maximum Gasteiger partial charge on any atom is 0.222 e. The van der Waals surface area contributed by atoms with Gasteiger partial charge in [0.25, 0.3) is 0 Å². The molecule has 2 heteroatoms. The van der Waals surface area contributed by atoms with Crippen molar-refractivity contribution in [3.8, 4) is 0 Å². The molecule has 0 saturated carbocycles. The standard InChI is InChI=1S/C13H16NO/c15-13(14-10-4-5-11-14)9-8-12-6-2-1-3-7-12/h2-3,6-7H,4-5,8-11H2. The van der Waals surface area contributed by atoms with Gasteiger partial charge in [-0.25, -0.2) is 0 Å². The number of benzene rings is 1. The lowest BCUT2D eigenvalue weighted by atomic mass is 10.1. The highest BCUT2D eigenvalue weighted by Crippen LogP contribution is 2.10. The van der Waals surface area contributed by atoms with E-state index in [0.29, 0.717) is 12.3 Å². The first-order valence-corrected chi connectivity index (χ1v) is 5.59. The summed E-state index contributed by atoms with van der Waals surface area (Å²) in [6.45, 7) is 1.92. The van der Waals surface area contributed by atoms with Crippen molar-refractivity contribution in [3.63, 3.8) is 0 Å². The Labute approximate surface area is 90.9 Å². The van der Waals surface area contributed by atoms with Crippen molar-refractivity contribution in [2.45, 2.75) is 25.7 Å². The number of likely N-dealkylation sites (tertiary alicyclic amines) is 1. The summed E-state index contributed by atoms with van der Waals surface area (Å²) in [5.74, 6) is 0.306. The van der Waals surface area contributed by atoms with E-state index in [0.717, 1.165) is 19.5 Å². The summed E-state index contributed by atoms with van der Waals surface area (Å²) >= 11 is 0. The van der Waals surface area contributed by atoms with E-state index < -0.39 is 0 Å². The van der Waals surface area contributed by atoms with Crippen LogP contribution in [0.15, 0.2) is 24.3 Å². The smallest absolute Gasteiger partial charge is 0.222 e. The molecule has 0 unspecified atom stereocenters. The van der Waals surface area contributed by atoms with E-state index in [-0.39, 0.29) is 0 Å². The number of amides is 1. The van der Waals surface area contributed by atoms with Gasteiger partial charge < -0.3 is 4.90 Å². The monoisotopic (exact) mass is 202 g/mol. The zero-order valence-corrected chi connectivity index (χ0v) is 8.91. The number of carbonyl (C=O) groups excluding carboxylic acids is 1. The third-order valence-corrected chi connectivity index (χ3v) is 2.87. The van der Waals surface area contributed by atoms with Gasteiger partial charge in [0.15, 0.2) is 0 Å². The fourth-order valence-electron chi connectivity index (χ4n) is 1.96. The number of carbonyl (C=O) groups is 1. The van der Waals surface area contributed by atoms with Crippen molar-refractivity contribution >= 4 is 5.91 Å². The molecule has 1 heterocycles. The summed E-state index contributed by atoms with van der Waals surface area (Å²) in [5.41, 5.74) is 1.22. The van der Waals surface area contributed by atoms with Crippen molar-refractivity contribution in [1.29, 1.82) is 0 Å². The largest absolute Gasteiger partial charge is 0.343 e. The predicted molar refractivity (Wildman–Crippen MR) is 59.4 cm³/mol. The van der Waals surface area contributed by atoms with Crippen molar-refractivity contribution in [1.82, 2.24) is 4.90 Å². The molecule has 1 saturated heterocycles. The van der Waals surface area contributed by atoms with Crippen LogP contribution < -0.4 is 0 Å². The third kappa shape index (κ3) is 2.82. The molecular weight excluding hydrogens is 186 g/mol. The summed E-state index contributed by atoms with van der Waals surface area (Å²) in [6, 6.07) is 10.8. The van der Waals surface area contributed by atoms with E-state index in [9.17, 15) is 4.79 Å². The van der Waals surface area contributed by atoms with Gasteiger partial charge in [-0.05, 0) is 30.9 Å². The Morgan fingerprint density at radius 1 is 1.27 bits per heavy atom. The van der Waals surface area contributed by atoms with Crippen LogP contribution in [0.4, 0.5) is 0 Å². The number of hydrogen-bond acceptors (Lipinski definition) is 1. The van der Waals surface area contributed by atoms with Crippen molar-refractivity contribution in [2.75, 3.05) is 13.1 Å². The van der Waals surface area contributed by atoms with Crippen LogP contribution >= 0.6 is 0 Å². The molecule has 0 N–H and O–H groups in total. The van der Waals surface area contributed by atoms with Crippen LogP contribution in [0.3, 0.4) is 0 Å². The van der Waals surface area contributed by atoms with Gasteiger partial charge in [-0.15, -0.1) is 0 Å². The quantitative estimate of drug-likeness (QED) is 0.734. The molecule has 1 fully saturated rings. The van der Waals surface area contributed by atoms with E-state index in [1.165, 1.54) is 18.4 Å². The predicted octanol–water partition coefficient (Wildman–Crippen LogP) is 2.04. The molecule has 0 bridgehead atoms. The fourth-order valence-corrected chi connectivity index (χ4v) is 1.96. The highest BCUT2D eigenvalue weighted by molar-refractivity contribution is 5.76. The van der Waals surface area contributed by atoms with Gasteiger partial charge in [0.2, 0.25) is 5.91 Å². The number of hydrogen-bond donors (Lipinski definition) is 0. The lowest BCUT2D eigenvalue weighted by Gasteiger charge is -2.14. The van der Waals surface area contributed by atoms with Crippen LogP contribution in [0.2, 0.25) is 0 Å². The van der Waals surface area contributed by atoms with Crippen molar-refractivity contribution in [2.24, 2.45) is 0 Å². The molecular formula is C13H16NO. The van der Waals surface area contributed by atoms with Crippen LogP contribution in [0.25, 0.3) is 0 Å². The Hall–Kier alpha value is -1.31. The molecule has 0 aromatic heterocycles. The van der Waals surface area contributed by atoms with Gasteiger partial charge in [-0.2, -0.15) is 0 Å². The molecule has 1 aromatic rings. The Balaban J connectivity index is 1.80. The van der Waals surface area contributed by atoms with Crippen LogP contribution in [0, 0.1) is 6.07 Å². The number of rotatable bonds is 3. The van der Waals surface area contributed by atoms with Gasteiger partial charge in [0, 0.05) is 19.5 Å². The minimum atomic E-state index is 0.306. The van der Waals surface area contributed by atoms with E-state index >= 15 is 0 Å². The molecule has 0 atom stereocenters. The normalized spacial score (nSPS) is 15.6. The Kier molecular flexibility index (Phi) is 3.38. The van der Waals surface area contributed by atoms with Crippen molar-refractivity contribution in [3.05, 3.63) is 35.9 Å². The molecule has 79 valence electrons. The van der Waals surface area contributed by atoms with E-state index in [4.69, 9.17) is 0 Å². The number of nitrogens with zero attached hydrogens (tertiary/aromatic N) is 1. The maximum atomic E-state index is 11.7. The molecule has 0 spiro atoms. The first kappa shape index (κ1) is 10.2. The van der Waals surface area contributed by atoms with Gasteiger partial charge >= 0.3 is 0 Å².